The van der Waals surface area contributed by atoms with Crippen molar-refractivity contribution in [1.82, 2.24) is 5.32 Å². The van der Waals surface area contributed by atoms with Crippen molar-refractivity contribution >= 4 is 5.91 Å². The van der Waals surface area contributed by atoms with Crippen LogP contribution in [-0.4, -0.2) is 24.6 Å². The number of halogens is 2. The number of para-hydroxylation sites is 1. The van der Waals surface area contributed by atoms with E-state index in [1.54, 1.807) is 6.07 Å². The Bertz CT molecular complexity index is 455. The molecule has 20 heavy (non-hydrogen) atoms. The topological polar surface area (TPSA) is 64.3 Å². The van der Waals surface area contributed by atoms with Crippen molar-refractivity contribution in [2.24, 2.45) is 5.73 Å². The zero-order valence-corrected chi connectivity index (χ0v) is 11.7. The second-order valence-corrected chi connectivity index (χ2v) is 4.78. The van der Waals surface area contributed by atoms with E-state index < -0.39 is 18.1 Å². The van der Waals surface area contributed by atoms with Gasteiger partial charge in [-0.05, 0) is 38.4 Å². The van der Waals surface area contributed by atoms with Crippen molar-refractivity contribution in [1.29, 1.82) is 0 Å². The Morgan fingerprint density at radius 2 is 2.10 bits per heavy atom. The fourth-order valence-corrected chi connectivity index (χ4v) is 1.84. The van der Waals surface area contributed by atoms with Crippen molar-refractivity contribution in [3.63, 3.8) is 0 Å². The van der Waals surface area contributed by atoms with E-state index in [-0.39, 0.29) is 11.3 Å². The fourth-order valence-electron chi connectivity index (χ4n) is 1.84. The van der Waals surface area contributed by atoms with Crippen LogP contribution in [0.2, 0.25) is 0 Å². The van der Waals surface area contributed by atoms with Gasteiger partial charge in [-0.2, -0.15) is 8.78 Å². The zero-order valence-electron chi connectivity index (χ0n) is 11.7. The summed E-state index contributed by atoms with van der Waals surface area (Å²) in [5.74, 6) is -0.578. The van der Waals surface area contributed by atoms with Gasteiger partial charge in [-0.25, -0.2) is 0 Å². The Labute approximate surface area is 117 Å². The van der Waals surface area contributed by atoms with Crippen LogP contribution in [-0.2, 0) is 0 Å². The third-order valence-corrected chi connectivity index (χ3v) is 3.24. The number of hydrogen-bond donors (Lipinski definition) is 2. The molecule has 1 amide bonds. The quantitative estimate of drug-likeness (QED) is 0.809. The zero-order chi connectivity index (χ0) is 15.2. The molecule has 0 fully saturated rings. The van der Waals surface area contributed by atoms with Gasteiger partial charge < -0.3 is 15.8 Å². The van der Waals surface area contributed by atoms with Crippen molar-refractivity contribution < 1.29 is 18.3 Å². The SMILES string of the molecule is CCC(C)(CCN)NC(=O)c1ccccc1OC(F)F. The smallest absolute Gasteiger partial charge is 0.387 e. The Hall–Kier alpha value is -1.69. The minimum absolute atomic E-state index is 0.0875. The summed E-state index contributed by atoms with van der Waals surface area (Å²) in [6.07, 6.45) is 1.29. The molecule has 1 rings (SSSR count). The van der Waals surface area contributed by atoms with Gasteiger partial charge in [0.25, 0.3) is 5.91 Å². The molecule has 3 N–H and O–H groups in total. The molecule has 0 saturated heterocycles. The largest absolute Gasteiger partial charge is 0.434 e. The highest BCUT2D eigenvalue weighted by Gasteiger charge is 2.25. The van der Waals surface area contributed by atoms with Crippen LogP contribution in [0.1, 0.15) is 37.0 Å². The normalized spacial score (nSPS) is 13.9. The van der Waals surface area contributed by atoms with Gasteiger partial charge in [0, 0.05) is 5.54 Å². The Morgan fingerprint density at radius 3 is 2.65 bits per heavy atom. The number of ether oxygens (including phenoxy) is 1. The molecule has 0 saturated carbocycles. The molecule has 6 heteroatoms. The average Bonchev–Trinajstić information content (AvgIpc) is 2.38. The van der Waals surface area contributed by atoms with Crippen molar-refractivity contribution in [2.75, 3.05) is 6.54 Å². The van der Waals surface area contributed by atoms with E-state index in [0.717, 1.165) is 0 Å². The van der Waals surface area contributed by atoms with Gasteiger partial charge in [-0.1, -0.05) is 19.1 Å². The molecule has 0 spiro atoms. The molecule has 1 aromatic carbocycles. The first kappa shape index (κ1) is 16.4. The number of benzene rings is 1. The van der Waals surface area contributed by atoms with Gasteiger partial charge in [0.15, 0.2) is 0 Å². The van der Waals surface area contributed by atoms with Gasteiger partial charge in [-0.15, -0.1) is 0 Å². The number of amides is 1. The Morgan fingerprint density at radius 1 is 1.45 bits per heavy atom. The molecular formula is C14H20F2N2O2. The number of alkyl halides is 2. The van der Waals surface area contributed by atoms with Gasteiger partial charge >= 0.3 is 6.61 Å². The predicted molar refractivity (Wildman–Crippen MR) is 72.9 cm³/mol. The predicted octanol–water partition coefficient (Wildman–Crippen LogP) is 2.54. The molecule has 0 bridgehead atoms. The molecule has 0 radical (unpaired) electrons. The van der Waals surface area contributed by atoms with Crippen LogP contribution in [0.25, 0.3) is 0 Å². The standard InChI is InChI=1S/C14H20F2N2O2/c1-3-14(2,8-9-17)18-12(19)10-6-4-5-7-11(10)20-13(15)16/h4-7,13H,3,8-9,17H2,1-2H3,(H,18,19). The van der Waals surface area contributed by atoms with Crippen LogP contribution < -0.4 is 15.8 Å². The highest BCUT2D eigenvalue weighted by molar-refractivity contribution is 5.97. The summed E-state index contributed by atoms with van der Waals surface area (Å²) in [6, 6.07) is 5.92. The average molecular weight is 286 g/mol. The number of carbonyl (C=O) groups excluding carboxylic acids is 1. The molecule has 1 unspecified atom stereocenters. The molecule has 0 aromatic heterocycles. The van der Waals surface area contributed by atoms with Gasteiger partial charge in [0.2, 0.25) is 0 Å². The molecular weight excluding hydrogens is 266 g/mol. The van der Waals surface area contributed by atoms with E-state index in [4.69, 9.17) is 5.73 Å². The molecule has 0 heterocycles. The van der Waals surface area contributed by atoms with Crippen LogP contribution in [0.15, 0.2) is 24.3 Å². The lowest BCUT2D eigenvalue weighted by Gasteiger charge is -2.29. The first-order valence-corrected chi connectivity index (χ1v) is 6.48. The molecule has 1 aromatic rings. The number of nitrogens with two attached hydrogens (primary N) is 1. The lowest BCUT2D eigenvalue weighted by Crippen LogP contribution is -2.46. The van der Waals surface area contributed by atoms with E-state index in [0.29, 0.717) is 19.4 Å². The number of rotatable bonds is 7. The molecule has 112 valence electrons. The summed E-state index contributed by atoms with van der Waals surface area (Å²) >= 11 is 0. The molecule has 0 aliphatic carbocycles. The Balaban J connectivity index is 2.92. The lowest BCUT2D eigenvalue weighted by molar-refractivity contribution is -0.0501. The minimum atomic E-state index is -2.97. The van der Waals surface area contributed by atoms with Gasteiger partial charge in [-0.3, -0.25) is 4.79 Å². The maximum atomic E-state index is 12.3. The van der Waals surface area contributed by atoms with Crippen LogP contribution in [0.3, 0.4) is 0 Å². The summed E-state index contributed by atoms with van der Waals surface area (Å²) < 4.78 is 29.0. The van der Waals surface area contributed by atoms with Crippen molar-refractivity contribution in [2.45, 2.75) is 38.8 Å². The molecule has 0 aliphatic heterocycles. The first-order valence-electron chi connectivity index (χ1n) is 6.48. The maximum Gasteiger partial charge on any atom is 0.387 e. The van der Waals surface area contributed by atoms with Gasteiger partial charge in [0.1, 0.15) is 5.75 Å². The highest BCUT2D eigenvalue weighted by atomic mass is 19.3. The number of hydrogen-bond acceptors (Lipinski definition) is 3. The third kappa shape index (κ3) is 4.45. The maximum absolute atomic E-state index is 12.3. The fraction of sp³-hybridized carbons (Fsp3) is 0.500. The molecule has 1 atom stereocenters. The van der Waals surface area contributed by atoms with Crippen LogP contribution in [0, 0.1) is 0 Å². The summed E-state index contributed by atoms with van der Waals surface area (Å²) in [5.41, 5.74) is 5.14. The summed E-state index contributed by atoms with van der Waals surface area (Å²) in [5, 5.41) is 2.83. The van der Waals surface area contributed by atoms with Gasteiger partial charge in [0.05, 0.1) is 5.56 Å². The molecule has 0 aliphatic rings. The van der Waals surface area contributed by atoms with E-state index in [1.165, 1.54) is 18.2 Å². The minimum Gasteiger partial charge on any atom is -0.434 e. The highest BCUT2D eigenvalue weighted by Crippen LogP contribution is 2.22. The summed E-state index contributed by atoms with van der Waals surface area (Å²) in [6.45, 7) is 1.26. The van der Waals surface area contributed by atoms with E-state index in [1.807, 2.05) is 13.8 Å². The summed E-state index contributed by atoms with van der Waals surface area (Å²) in [7, 11) is 0. The first-order chi connectivity index (χ1) is 9.41. The molecule has 4 nitrogen and oxygen atoms in total. The van der Waals surface area contributed by atoms with Crippen molar-refractivity contribution in [3.8, 4) is 5.75 Å². The second-order valence-electron chi connectivity index (χ2n) is 4.78. The summed E-state index contributed by atoms with van der Waals surface area (Å²) in [4.78, 5) is 12.2. The lowest BCUT2D eigenvalue weighted by atomic mass is 9.94. The van der Waals surface area contributed by atoms with Crippen LogP contribution >= 0.6 is 0 Å². The monoisotopic (exact) mass is 286 g/mol. The number of carbonyl (C=O) groups is 1. The third-order valence-electron chi connectivity index (χ3n) is 3.24. The van der Waals surface area contributed by atoms with E-state index >= 15 is 0 Å². The Kier molecular flexibility index (Phi) is 5.88. The van der Waals surface area contributed by atoms with Crippen molar-refractivity contribution in [3.05, 3.63) is 29.8 Å². The van der Waals surface area contributed by atoms with E-state index in [2.05, 4.69) is 10.1 Å². The van der Waals surface area contributed by atoms with Crippen LogP contribution in [0.4, 0.5) is 8.78 Å². The number of nitrogens with one attached hydrogen (secondary N) is 1. The van der Waals surface area contributed by atoms with Crippen LogP contribution in [0.5, 0.6) is 5.75 Å². The second kappa shape index (κ2) is 7.19. The van der Waals surface area contributed by atoms with E-state index in [9.17, 15) is 13.6 Å².